The van der Waals surface area contributed by atoms with Crippen molar-refractivity contribution in [1.82, 2.24) is 24.8 Å². The first-order valence-electron chi connectivity index (χ1n) is 8.83. The topological polar surface area (TPSA) is 75.1 Å². The molecule has 1 saturated heterocycles. The first-order chi connectivity index (χ1) is 12.2. The molecule has 0 radical (unpaired) electrons. The molecule has 4 rings (SSSR count). The Morgan fingerprint density at radius 3 is 2.84 bits per heavy atom. The summed E-state index contributed by atoms with van der Waals surface area (Å²) in [7, 11) is 0. The van der Waals surface area contributed by atoms with Crippen molar-refractivity contribution in [3.63, 3.8) is 0 Å². The molecule has 1 atom stereocenters. The molecule has 0 spiro atoms. The lowest BCUT2D eigenvalue weighted by atomic mass is 9.96. The Bertz CT molecular complexity index is 765. The maximum atomic E-state index is 11.6. The molecule has 0 saturated carbocycles. The second-order valence-electron chi connectivity index (χ2n) is 6.72. The summed E-state index contributed by atoms with van der Waals surface area (Å²) in [5, 5.41) is 0. The minimum absolute atomic E-state index is 0.112. The van der Waals surface area contributed by atoms with E-state index in [4.69, 9.17) is 4.98 Å². The Morgan fingerprint density at radius 1 is 1.20 bits per heavy atom. The van der Waals surface area contributed by atoms with E-state index in [1.807, 2.05) is 17.2 Å². The molecule has 2 aliphatic rings. The van der Waals surface area contributed by atoms with Crippen LogP contribution < -0.4 is 4.90 Å². The van der Waals surface area contributed by atoms with Crippen molar-refractivity contribution < 1.29 is 4.79 Å². The molecule has 25 heavy (non-hydrogen) atoms. The van der Waals surface area contributed by atoms with E-state index in [2.05, 4.69) is 19.9 Å². The molecule has 0 aromatic carbocycles. The van der Waals surface area contributed by atoms with Crippen LogP contribution in [-0.2, 0) is 17.8 Å². The van der Waals surface area contributed by atoms with E-state index in [1.165, 1.54) is 0 Å². The zero-order valence-corrected chi connectivity index (χ0v) is 14.4. The van der Waals surface area contributed by atoms with Crippen molar-refractivity contribution in [2.45, 2.75) is 38.6 Å². The molecule has 2 aromatic heterocycles. The number of nitrogens with zero attached hydrogens (tertiary/aromatic N) is 6. The Kier molecular flexibility index (Phi) is 4.29. The number of hydrogen-bond acceptors (Lipinski definition) is 6. The van der Waals surface area contributed by atoms with Gasteiger partial charge in [0.05, 0.1) is 5.69 Å². The minimum atomic E-state index is 0.112. The average molecular weight is 338 g/mol. The molecule has 7 nitrogen and oxygen atoms in total. The molecule has 7 heteroatoms. The van der Waals surface area contributed by atoms with Crippen molar-refractivity contribution in [2.75, 3.05) is 24.5 Å². The number of aromatic nitrogens is 4. The molecule has 0 aliphatic carbocycles. The van der Waals surface area contributed by atoms with Gasteiger partial charge in [0.25, 0.3) is 0 Å². The Labute approximate surface area is 147 Å². The van der Waals surface area contributed by atoms with Crippen molar-refractivity contribution >= 4 is 11.9 Å². The SMILES string of the molecule is CC(=O)N1CCc2nc(C3CCCN(c4ncccn4)C3)ncc2C1. The quantitative estimate of drug-likeness (QED) is 0.827. The molecule has 4 heterocycles. The normalized spacial score (nSPS) is 20.3. The lowest BCUT2D eigenvalue weighted by Gasteiger charge is -2.32. The van der Waals surface area contributed by atoms with Crippen LogP contribution in [0.4, 0.5) is 5.95 Å². The highest BCUT2D eigenvalue weighted by atomic mass is 16.2. The number of rotatable bonds is 2. The standard InChI is InChI=1S/C18H22N6O/c1-13(25)23-9-5-16-15(12-23)10-21-17(22-16)14-4-2-8-24(11-14)18-19-6-3-7-20-18/h3,6-7,10,14H,2,4-5,8-9,11-12H2,1H3. The van der Waals surface area contributed by atoms with Crippen molar-refractivity contribution in [2.24, 2.45) is 0 Å². The number of fused-ring (bicyclic) bond motifs is 1. The molecule has 1 fully saturated rings. The number of hydrogen-bond donors (Lipinski definition) is 0. The minimum Gasteiger partial charge on any atom is -0.340 e. The summed E-state index contributed by atoms with van der Waals surface area (Å²) in [6.45, 7) is 4.80. The lowest BCUT2D eigenvalue weighted by molar-refractivity contribution is -0.129. The smallest absolute Gasteiger partial charge is 0.225 e. The second-order valence-corrected chi connectivity index (χ2v) is 6.72. The third-order valence-electron chi connectivity index (χ3n) is 5.02. The van der Waals surface area contributed by atoms with Gasteiger partial charge >= 0.3 is 0 Å². The van der Waals surface area contributed by atoms with Crippen LogP contribution in [0.5, 0.6) is 0 Å². The monoisotopic (exact) mass is 338 g/mol. The van der Waals surface area contributed by atoms with E-state index >= 15 is 0 Å². The van der Waals surface area contributed by atoms with Crippen molar-refractivity contribution in [3.05, 3.63) is 41.7 Å². The van der Waals surface area contributed by atoms with Gasteiger partial charge in [0, 0.05) is 69.6 Å². The fourth-order valence-corrected chi connectivity index (χ4v) is 3.62. The Hall–Kier alpha value is -2.57. The predicted molar refractivity (Wildman–Crippen MR) is 93.0 cm³/mol. The van der Waals surface area contributed by atoms with Crippen LogP contribution in [0.3, 0.4) is 0 Å². The summed E-state index contributed by atoms with van der Waals surface area (Å²) in [5.74, 6) is 2.10. The van der Waals surface area contributed by atoms with Crippen LogP contribution in [0.25, 0.3) is 0 Å². The molecule has 2 aliphatic heterocycles. The van der Waals surface area contributed by atoms with Gasteiger partial charge in [-0.15, -0.1) is 0 Å². The van der Waals surface area contributed by atoms with Gasteiger partial charge in [-0.05, 0) is 18.9 Å². The summed E-state index contributed by atoms with van der Waals surface area (Å²) in [6, 6.07) is 1.84. The van der Waals surface area contributed by atoms with Crippen LogP contribution in [0.1, 0.15) is 42.8 Å². The van der Waals surface area contributed by atoms with E-state index in [-0.39, 0.29) is 5.91 Å². The number of piperidine rings is 1. The van der Waals surface area contributed by atoms with Crippen LogP contribution >= 0.6 is 0 Å². The van der Waals surface area contributed by atoms with Crippen molar-refractivity contribution in [3.8, 4) is 0 Å². The molecule has 0 N–H and O–H groups in total. The zero-order chi connectivity index (χ0) is 17.2. The summed E-state index contributed by atoms with van der Waals surface area (Å²) in [5.41, 5.74) is 2.17. The van der Waals surface area contributed by atoms with Gasteiger partial charge in [0.2, 0.25) is 11.9 Å². The Morgan fingerprint density at radius 2 is 2.04 bits per heavy atom. The number of carbonyl (C=O) groups is 1. The van der Waals surface area contributed by atoms with E-state index in [0.717, 1.165) is 61.9 Å². The van der Waals surface area contributed by atoms with Gasteiger partial charge < -0.3 is 9.80 Å². The van der Waals surface area contributed by atoms with Gasteiger partial charge in [0.15, 0.2) is 0 Å². The third-order valence-corrected chi connectivity index (χ3v) is 5.02. The van der Waals surface area contributed by atoms with E-state index in [0.29, 0.717) is 12.5 Å². The summed E-state index contributed by atoms with van der Waals surface area (Å²) in [4.78, 5) is 33.8. The van der Waals surface area contributed by atoms with E-state index in [9.17, 15) is 4.79 Å². The third kappa shape index (κ3) is 3.31. The fourth-order valence-electron chi connectivity index (χ4n) is 3.62. The van der Waals surface area contributed by atoms with Gasteiger partial charge in [-0.1, -0.05) is 0 Å². The summed E-state index contributed by atoms with van der Waals surface area (Å²) < 4.78 is 0. The summed E-state index contributed by atoms with van der Waals surface area (Å²) in [6.07, 6.45) is 8.45. The molecule has 130 valence electrons. The van der Waals surface area contributed by atoms with Crippen molar-refractivity contribution in [1.29, 1.82) is 0 Å². The highest BCUT2D eigenvalue weighted by Crippen LogP contribution is 2.27. The molecule has 0 bridgehead atoms. The maximum absolute atomic E-state index is 11.6. The fraction of sp³-hybridized carbons (Fsp3) is 0.500. The van der Waals surface area contributed by atoms with Crippen LogP contribution in [0, 0.1) is 0 Å². The largest absolute Gasteiger partial charge is 0.340 e. The average Bonchev–Trinajstić information content (AvgIpc) is 2.68. The molecular formula is C18H22N6O. The maximum Gasteiger partial charge on any atom is 0.225 e. The van der Waals surface area contributed by atoms with E-state index in [1.54, 1.807) is 19.3 Å². The zero-order valence-electron chi connectivity index (χ0n) is 14.4. The number of carbonyl (C=O) groups excluding carboxylic acids is 1. The lowest BCUT2D eigenvalue weighted by Crippen LogP contribution is -2.37. The molecule has 2 aromatic rings. The van der Waals surface area contributed by atoms with E-state index < -0.39 is 0 Å². The Balaban J connectivity index is 1.51. The summed E-state index contributed by atoms with van der Waals surface area (Å²) >= 11 is 0. The predicted octanol–water partition coefficient (Wildman–Crippen LogP) is 1.56. The van der Waals surface area contributed by atoms with Crippen LogP contribution in [-0.4, -0.2) is 50.4 Å². The first kappa shape index (κ1) is 15.9. The van der Waals surface area contributed by atoms with Gasteiger partial charge in [-0.3, -0.25) is 4.79 Å². The highest BCUT2D eigenvalue weighted by molar-refractivity contribution is 5.73. The van der Waals surface area contributed by atoms with Crippen LogP contribution in [0.2, 0.25) is 0 Å². The molecule has 1 unspecified atom stereocenters. The second kappa shape index (κ2) is 6.74. The molecular weight excluding hydrogens is 316 g/mol. The number of anilines is 1. The van der Waals surface area contributed by atoms with Crippen LogP contribution in [0.15, 0.2) is 24.7 Å². The van der Waals surface area contributed by atoms with Gasteiger partial charge in [-0.2, -0.15) is 0 Å². The van der Waals surface area contributed by atoms with Gasteiger partial charge in [-0.25, -0.2) is 19.9 Å². The first-order valence-corrected chi connectivity index (χ1v) is 8.83. The number of amides is 1. The molecule has 1 amide bonds. The highest BCUT2D eigenvalue weighted by Gasteiger charge is 2.27. The van der Waals surface area contributed by atoms with Gasteiger partial charge in [0.1, 0.15) is 5.82 Å².